The largest absolute Gasteiger partial charge is 0.444 e. The van der Waals surface area contributed by atoms with E-state index in [1.807, 2.05) is 23.1 Å². The van der Waals surface area contributed by atoms with E-state index in [2.05, 4.69) is 16.5 Å². The van der Waals surface area contributed by atoms with Crippen molar-refractivity contribution in [3.05, 3.63) is 90.3 Å². The van der Waals surface area contributed by atoms with Crippen LogP contribution in [0.1, 0.15) is 20.7 Å². The van der Waals surface area contributed by atoms with Crippen LogP contribution in [-0.4, -0.2) is 57.6 Å². The van der Waals surface area contributed by atoms with Gasteiger partial charge in [-0.3, -0.25) is 9.59 Å². The van der Waals surface area contributed by atoms with E-state index in [0.717, 1.165) is 0 Å². The number of allylic oxidation sites excluding steroid dienone is 1. The number of amides is 1. The predicted octanol–water partition coefficient (Wildman–Crippen LogP) is 4.12. The third-order valence-electron chi connectivity index (χ3n) is 5.92. The van der Waals surface area contributed by atoms with Crippen molar-refractivity contribution in [2.75, 3.05) is 26.2 Å². The molecule has 1 fully saturated rings. The molecule has 0 atom stereocenters. The Morgan fingerprint density at radius 3 is 2.45 bits per heavy atom. The number of rotatable bonds is 5. The van der Waals surface area contributed by atoms with Crippen LogP contribution >= 0.6 is 0 Å². The zero-order chi connectivity index (χ0) is 22.9. The summed E-state index contributed by atoms with van der Waals surface area (Å²) in [5.74, 6) is -0.590. The lowest BCUT2D eigenvalue weighted by molar-refractivity contribution is 0.0662. The topological polar surface area (TPSA) is 82.4 Å². The summed E-state index contributed by atoms with van der Waals surface area (Å²) in [5, 5.41) is 0.176. The molecule has 8 heteroatoms. The number of aromatic nitrogens is 2. The molecule has 0 radical (unpaired) electrons. The molecule has 1 amide bonds. The molecule has 0 unspecified atom stereocenters. The molecule has 0 bridgehead atoms. The summed E-state index contributed by atoms with van der Waals surface area (Å²) < 4.78 is 20.1. The number of aromatic amines is 1. The number of carbonyl (C=O) groups excluding carboxylic acids is 2. The van der Waals surface area contributed by atoms with E-state index < -0.39 is 5.82 Å². The Labute approximate surface area is 189 Å². The molecule has 7 nitrogen and oxygen atoms in total. The van der Waals surface area contributed by atoms with Crippen LogP contribution in [0.4, 0.5) is 4.39 Å². The molecule has 3 heterocycles. The molecule has 0 saturated carbocycles. The second-order valence-corrected chi connectivity index (χ2v) is 7.81. The molecule has 1 N–H and O–H groups in total. The third kappa shape index (κ3) is 3.69. The van der Waals surface area contributed by atoms with Crippen molar-refractivity contribution < 1.29 is 18.4 Å². The molecule has 1 aliphatic rings. The van der Waals surface area contributed by atoms with Crippen LogP contribution in [0.25, 0.3) is 22.4 Å². The average molecular weight is 444 g/mol. The van der Waals surface area contributed by atoms with Gasteiger partial charge in [-0.25, -0.2) is 9.37 Å². The lowest BCUT2D eigenvalue weighted by atomic mass is 10.0. The summed E-state index contributed by atoms with van der Waals surface area (Å²) in [5.41, 5.74) is 2.10. The second kappa shape index (κ2) is 8.38. The Kier molecular flexibility index (Phi) is 5.26. The van der Waals surface area contributed by atoms with Crippen molar-refractivity contribution in [3.8, 4) is 11.5 Å². The molecule has 166 valence electrons. The Balaban J connectivity index is 1.34. The average Bonchev–Trinajstić information content (AvgIpc) is 3.55. The maximum absolute atomic E-state index is 14.8. The summed E-state index contributed by atoms with van der Waals surface area (Å²) >= 11 is 0. The quantitative estimate of drug-likeness (QED) is 0.370. The number of piperazine rings is 1. The molecule has 2 aromatic heterocycles. The van der Waals surface area contributed by atoms with E-state index in [1.165, 1.54) is 24.7 Å². The summed E-state index contributed by atoms with van der Waals surface area (Å²) in [6.07, 6.45) is 4.43. The number of hydrogen-bond acceptors (Lipinski definition) is 5. The highest BCUT2D eigenvalue weighted by Gasteiger charge is 2.27. The number of carbonyl (C=O) groups is 2. The number of benzene rings is 2. The highest BCUT2D eigenvalue weighted by Crippen LogP contribution is 2.32. The third-order valence-corrected chi connectivity index (χ3v) is 5.92. The van der Waals surface area contributed by atoms with Crippen LogP contribution < -0.4 is 0 Å². The fraction of sp³-hybridized carbons (Fsp3) is 0.160. The van der Waals surface area contributed by atoms with Crippen molar-refractivity contribution in [3.63, 3.8) is 0 Å². The van der Waals surface area contributed by atoms with E-state index in [9.17, 15) is 14.0 Å². The normalized spacial score (nSPS) is 14.0. The lowest BCUT2D eigenvalue weighted by Crippen LogP contribution is -2.48. The highest BCUT2D eigenvalue weighted by atomic mass is 19.1. The van der Waals surface area contributed by atoms with Gasteiger partial charge in [0.15, 0.2) is 0 Å². The van der Waals surface area contributed by atoms with Gasteiger partial charge in [0.2, 0.25) is 11.7 Å². The maximum Gasteiger partial charge on any atom is 0.253 e. The van der Waals surface area contributed by atoms with E-state index in [0.29, 0.717) is 48.7 Å². The first-order chi connectivity index (χ1) is 16.0. The van der Waals surface area contributed by atoms with Crippen LogP contribution in [0.15, 0.2) is 77.8 Å². The summed E-state index contributed by atoms with van der Waals surface area (Å²) in [6.45, 7) is 5.85. The number of H-pyrrole nitrogens is 1. The van der Waals surface area contributed by atoms with Crippen LogP contribution in [0.2, 0.25) is 0 Å². The van der Waals surface area contributed by atoms with Gasteiger partial charge in [0.25, 0.3) is 5.91 Å². The Morgan fingerprint density at radius 2 is 1.76 bits per heavy atom. The van der Waals surface area contributed by atoms with Crippen molar-refractivity contribution in [2.45, 2.75) is 0 Å². The van der Waals surface area contributed by atoms with Crippen molar-refractivity contribution in [1.29, 1.82) is 0 Å². The minimum atomic E-state index is -0.518. The number of nitrogens with one attached hydrogen (secondary N) is 1. The molecular weight excluding hydrogens is 423 g/mol. The molecule has 1 aliphatic heterocycles. The van der Waals surface area contributed by atoms with Crippen LogP contribution in [-0.2, 0) is 0 Å². The van der Waals surface area contributed by atoms with Gasteiger partial charge in [-0.05, 0) is 24.3 Å². The SMILES string of the molecule is C=C(C(=O)c1c[nH]c2c(-c3ncco3)ccc(F)c12)N1CCN(C(=O)c2ccccc2)CC1. The standard InChI is InChI=1S/C25H21FN4O3/c1-16(29-10-12-30(13-11-29)25(32)17-5-3-2-4-6-17)23(31)19-15-28-22-18(24-27-9-14-33-24)7-8-20(26)21(19)22/h2-9,14-15,28H,1,10-13H2. The van der Waals surface area contributed by atoms with Crippen molar-refractivity contribution in [1.82, 2.24) is 19.8 Å². The Bertz CT molecular complexity index is 1340. The summed E-state index contributed by atoms with van der Waals surface area (Å²) in [4.78, 5) is 36.6. The number of hydrogen-bond donors (Lipinski definition) is 1. The fourth-order valence-electron chi connectivity index (χ4n) is 4.16. The minimum Gasteiger partial charge on any atom is -0.444 e. The second-order valence-electron chi connectivity index (χ2n) is 7.81. The zero-order valence-electron chi connectivity index (χ0n) is 17.8. The zero-order valence-corrected chi connectivity index (χ0v) is 17.8. The number of Topliss-reactive ketones (excluding diaryl/α,β-unsaturated/α-hetero) is 1. The molecular formula is C25H21FN4O3. The number of halogens is 1. The van der Waals surface area contributed by atoms with Crippen molar-refractivity contribution >= 4 is 22.6 Å². The van der Waals surface area contributed by atoms with Gasteiger partial charge in [-0.2, -0.15) is 0 Å². The number of nitrogens with zero attached hydrogens (tertiary/aromatic N) is 3. The van der Waals surface area contributed by atoms with Gasteiger partial charge in [0.05, 0.1) is 28.5 Å². The van der Waals surface area contributed by atoms with Gasteiger partial charge >= 0.3 is 0 Å². The molecule has 2 aromatic carbocycles. The van der Waals surface area contributed by atoms with Gasteiger partial charge in [-0.15, -0.1) is 0 Å². The predicted molar refractivity (Wildman–Crippen MR) is 121 cm³/mol. The lowest BCUT2D eigenvalue weighted by Gasteiger charge is -2.36. The smallest absolute Gasteiger partial charge is 0.253 e. The van der Waals surface area contributed by atoms with E-state index in [4.69, 9.17) is 4.42 Å². The van der Waals surface area contributed by atoms with Crippen LogP contribution in [0, 0.1) is 5.82 Å². The molecule has 5 rings (SSSR count). The number of fused-ring (bicyclic) bond motifs is 1. The van der Waals surface area contributed by atoms with Crippen LogP contribution in [0.5, 0.6) is 0 Å². The highest BCUT2D eigenvalue weighted by molar-refractivity contribution is 6.17. The van der Waals surface area contributed by atoms with E-state index >= 15 is 0 Å². The van der Waals surface area contributed by atoms with Gasteiger partial charge < -0.3 is 19.2 Å². The van der Waals surface area contributed by atoms with Crippen LogP contribution in [0.3, 0.4) is 0 Å². The number of ketones is 1. The molecule has 4 aromatic rings. The first-order valence-corrected chi connectivity index (χ1v) is 10.6. The Hall–Kier alpha value is -4.20. The Morgan fingerprint density at radius 1 is 1.03 bits per heavy atom. The first kappa shape index (κ1) is 20.7. The summed E-state index contributed by atoms with van der Waals surface area (Å²) in [6, 6.07) is 12.0. The first-order valence-electron chi connectivity index (χ1n) is 10.6. The summed E-state index contributed by atoms with van der Waals surface area (Å²) in [7, 11) is 0. The van der Waals surface area contributed by atoms with Crippen molar-refractivity contribution in [2.24, 2.45) is 0 Å². The number of oxazole rings is 1. The minimum absolute atomic E-state index is 0.0371. The van der Waals surface area contributed by atoms with E-state index in [-0.39, 0.29) is 28.3 Å². The molecule has 0 aliphatic carbocycles. The van der Waals surface area contributed by atoms with Gasteiger partial charge in [0, 0.05) is 43.3 Å². The molecule has 1 saturated heterocycles. The van der Waals surface area contributed by atoms with Gasteiger partial charge in [-0.1, -0.05) is 24.8 Å². The molecule has 33 heavy (non-hydrogen) atoms. The van der Waals surface area contributed by atoms with E-state index in [1.54, 1.807) is 23.1 Å². The monoisotopic (exact) mass is 444 g/mol. The fourth-order valence-corrected chi connectivity index (χ4v) is 4.16. The van der Waals surface area contributed by atoms with Gasteiger partial charge in [0.1, 0.15) is 12.1 Å². The molecule has 0 spiro atoms. The maximum atomic E-state index is 14.8.